The van der Waals surface area contributed by atoms with Gasteiger partial charge in [-0.2, -0.15) is 0 Å². The Kier molecular flexibility index (Phi) is 7.09. The molecule has 2 rings (SSSR count). The number of nitrogens with zero attached hydrogens (tertiary/aromatic N) is 1. The summed E-state index contributed by atoms with van der Waals surface area (Å²) in [6, 6.07) is 13.4. The number of carbonyl (C=O) groups excluding carboxylic acids is 1. The van der Waals surface area contributed by atoms with Crippen LogP contribution in [0.5, 0.6) is 17.2 Å². The zero-order chi connectivity index (χ0) is 18.9. The second-order valence-corrected chi connectivity index (χ2v) is 5.54. The third kappa shape index (κ3) is 4.36. The van der Waals surface area contributed by atoms with Crippen LogP contribution in [0.2, 0.25) is 0 Å². The fraction of sp³-hybridized carbons (Fsp3) is 0.286. The Hall–Kier alpha value is -2.95. The van der Waals surface area contributed by atoms with E-state index in [1.165, 1.54) is 14.2 Å². The maximum absolute atomic E-state index is 13.0. The van der Waals surface area contributed by atoms with Crippen LogP contribution in [0.4, 0.5) is 0 Å². The van der Waals surface area contributed by atoms with Crippen molar-refractivity contribution in [3.8, 4) is 17.2 Å². The Morgan fingerprint density at radius 1 is 0.962 bits per heavy atom. The first-order valence-electron chi connectivity index (χ1n) is 8.46. The first-order chi connectivity index (χ1) is 12.7. The fourth-order valence-corrected chi connectivity index (χ4v) is 2.68. The third-order valence-corrected chi connectivity index (χ3v) is 4.04. The summed E-state index contributed by atoms with van der Waals surface area (Å²) in [5.41, 5.74) is 1.54. The van der Waals surface area contributed by atoms with Gasteiger partial charge in [-0.25, -0.2) is 0 Å². The molecule has 0 saturated carbocycles. The topological polar surface area (TPSA) is 48.0 Å². The summed E-state index contributed by atoms with van der Waals surface area (Å²) in [5.74, 6) is 1.19. The Labute approximate surface area is 154 Å². The van der Waals surface area contributed by atoms with Gasteiger partial charge in [0.15, 0.2) is 11.5 Å². The molecule has 0 spiro atoms. The van der Waals surface area contributed by atoms with Gasteiger partial charge >= 0.3 is 0 Å². The standard InChI is InChI=1S/C21H25NO4/c1-5-22(15-9-12-16-10-7-6-8-11-16)21(23)17-13-14-18(24-2)20(26-4)19(17)25-3/h6-14H,5,15H2,1-4H3/b12-9+. The maximum atomic E-state index is 13.0. The smallest absolute Gasteiger partial charge is 0.258 e. The van der Waals surface area contributed by atoms with Gasteiger partial charge in [0, 0.05) is 13.1 Å². The summed E-state index contributed by atoms with van der Waals surface area (Å²) in [5, 5.41) is 0. The second-order valence-electron chi connectivity index (χ2n) is 5.54. The minimum atomic E-state index is -0.122. The van der Waals surface area contributed by atoms with E-state index in [4.69, 9.17) is 14.2 Å². The minimum Gasteiger partial charge on any atom is -0.493 e. The van der Waals surface area contributed by atoms with Crippen LogP contribution in [-0.2, 0) is 0 Å². The molecule has 0 aliphatic heterocycles. The lowest BCUT2D eigenvalue weighted by atomic mass is 10.1. The van der Waals surface area contributed by atoms with Gasteiger partial charge in [0.2, 0.25) is 5.75 Å². The van der Waals surface area contributed by atoms with Crippen LogP contribution in [0.25, 0.3) is 6.08 Å². The largest absolute Gasteiger partial charge is 0.493 e. The lowest BCUT2D eigenvalue weighted by Gasteiger charge is -2.22. The van der Waals surface area contributed by atoms with Gasteiger partial charge in [-0.3, -0.25) is 4.79 Å². The molecule has 1 amide bonds. The molecular formula is C21H25NO4. The van der Waals surface area contributed by atoms with Crippen molar-refractivity contribution in [1.82, 2.24) is 4.90 Å². The van der Waals surface area contributed by atoms with Gasteiger partial charge in [-0.15, -0.1) is 0 Å². The molecule has 0 unspecified atom stereocenters. The van der Waals surface area contributed by atoms with Gasteiger partial charge in [0.25, 0.3) is 5.91 Å². The molecule has 5 nitrogen and oxygen atoms in total. The van der Waals surface area contributed by atoms with Crippen molar-refractivity contribution in [1.29, 1.82) is 0 Å². The number of ether oxygens (including phenoxy) is 3. The van der Waals surface area contributed by atoms with E-state index in [2.05, 4.69) is 0 Å². The second kappa shape index (κ2) is 9.51. The van der Waals surface area contributed by atoms with Gasteiger partial charge in [0.05, 0.1) is 26.9 Å². The van der Waals surface area contributed by atoms with E-state index in [1.807, 2.05) is 49.4 Å². The van der Waals surface area contributed by atoms with Gasteiger partial charge in [-0.05, 0) is 24.6 Å². The van der Waals surface area contributed by atoms with Crippen molar-refractivity contribution in [2.24, 2.45) is 0 Å². The zero-order valence-corrected chi connectivity index (χ0v) is 15.7. The lowest BCUT2D eigenvalue weighted by Crippen LogP contribution is -2.31. The summed E-state index contributed by atoms with van der Waals surface area (Å²) < 4.78 is 16.1. The molecule has 0 aromatic heterocycles. The van der Waals surface area contributed by atoms with Crippen LogP contribution >= 0.6 is 0 Å². The molecule has 0 heterocycles. The first-order valence-corrected chi connectivity index (χ1v) is 8.46. The molecule has 138 valence electrons. The lowest BCUT2D eigenvalue weighted by molar-refractivity contribution is 0.0778. The van der Waals surface area contributed by atoms with Gasteiger partial charge < -0.3 is 19.1 Å². The first kappa shape index (κ1) is 19.4. The highest BCUT2D eigenvalue weighted by molar-refractivity contribution is 5.98. The van der Waals surface area contributed by atoms with Crippen LogP contribution in [0.15, 0.2) is 48.5 Å². The molecule has 0 bridgehead atoms. The fourth-order valence-electron chi connectivity index (χ4n) is 2.68. The number of rotatable bonds is 8. The van der Waals surface area contributed by atoms with Crippen molar-refractivity contribution in [3.05, 3.63) is 59.7 Å². The normalized spacial score (nSPS) is 10.6. The number of amides is 1. The van der Waals surface area contributed by atoms with Gasteiger partial charge in [-0.1, -0.05) is 42.5 Å². The van der Waals surface area contributed by atoms with E-state index >= 15 is 0 Å². The van der Waals surface area contributed by atoms with E-state index in [0.29, 0.717) is 35.9 Å². The number of methoxy groups -OCH3 is 3. The van der Waals surface area contributed by atoms with Crippen LogP contribution in [-0.4, -0.2) is 45.2 Å². The van der Waals surface area contributed by atoms with E-state index in [0.717, 1.165) is 5.56 Å². The number of hydrogen-bond acceptors (Lipinski definition) is 4. The highest BCUT2D eigenvalue weighted by Gasteiger charge is 2.23. The summed E-state index contributed by atoms with van der Waals surface area (Å²) >= 11 is 0. The predicted molar refractivity (Wildman–Crippen MR) is 103 cm³/mol. The Morgan fingerprint density at radius 3 is 2.23 bits per heavy atom. The molecule has 0 fully saturated rings. The molecule has 26 heavy (non-hydrogen) atoms. The van der Waals surface area contributed by atoms with Crippen molar-refractivity contribution in [2.45, 2.75) is 6.92 Å². The van der Waals surface area contributed by atoms with Crippen LogP contribution < -0.4 is 14.2 Å². The predicted octanol–water partition coefficient (Wildman–Crippen LogP) is 3.89. The number of benzene rings is 2. The van der Waals surface area contributed by atoms with Crippen LogP contribution in [0.1, 0.15) is 22.8 Å². The molecule has 2 aromatic carbocycles. The third-order valence-electron chi connectivity index (χ3n) is 4.04. The molecule has 0 atom stereocenters. The Morgan fingerprint density at radius 2 is 1.65 bits per heavy atom. The van der Waals surface area contributed by atoms with Crippen LogP contribution in [0, 0.1) is 0 Å². The molecule has 0 saturated heterocycles. The average molecular weight is 355 g/mol. The Bertz CT molecular complexity index is 756. The van der Waals surface area contributed by atoms with E-state index in [1.54, 1.807) is 24.1 Å². The molecular weight excluding hydrogens is 330 g/mol. The maximum Gasteiger partial charge on any atom is 0.258 e. The average Bonchev–Trinajstić information content (AvgIpc) is 2.70. The molecule has 0 N–H and O–H groups in total. The van der Waals surface area contributed by atoms with E-state index in [-0.39, 0.29) is 5.91 Å². The monoisotopic (exact) mass is 355 g/mol. The van der Waals surface area contributed by atoms with Gasteiger partial charge in [0.1, 0.15) is 0 Å². The SMILES string of the molecule is CCN(C/C=C/c1ccccc1)C(=O)c1ccc(OC)c(OC)c1OC. The zero-order valence-electron chi connectivity index (χ0n) is 15.7. The summed E-state index contributed by atoms with van der Waals surface area (Å²) in [6.45, 7) is 3.03. The summed E-state index contributed by atoms with van der Waals surface area (Å²) in [4.78, 5) is 14.7. The van der Waals surface area contributed by atoms with Crippen molar-refractivity contribution in [3.63, 3.8) is 0 Å². The number of likely N-dealkylation sites (N-methyl/N-ethyl adjacent to an activating group) is 1. The highest BCUT2D eigenvalue weighted by atomic mass is 16.5. The highest BCUT2D eigenvalue weighted by Crippen LogP contribution is 2.40. The summed E-state index contributed by atoms with van der Waals surface area (Å²) in [6.07, 6.45) is 3.98. The van der Waals surface area contributed by atoms with E-state index in [9.17, 15) is 4.79 Å². The number of carbonyl (C=O) groups is 1. The van der Waals surface area contributed by atoms with Crippen LogP contribution in [0.3, 0.4) is 0 Å². The quantitative estimate of drug-likeness (QED) is 0.721. The van der Waals surface area contributed by atoms with Crippen molar-refractivity contribution < 1.29 is 19.0 Å². The molecule has 2 aromatic rings. The van der Waals surface area contributed by atoms with Crippen molar-refractivity contribution in [2.75, 3.05) is 34.4 Å². The molecule has 5 heteroatoms. The van der Waals surface area contributed by atoms with E-state index < -0.39 is 0 Å². The molecule has 0 aliphatic carbocycles. The van der Waals surface area contributed by atoms with Crippen molar-refractivity contribution >= 4 is 12.0 Å². The minimum absolute atomic E-state index is 0.122. The summed E-state index contributed by atoms with van der Waals surface area (Å²) in [7, 11) is 4.58. The molecule has 0 radical (unpaired) electrons. The molecule has 0 aliphatic rings. The Balaban J connectivity index is 2.23. The number of hydrogen-bond donors (Lipinski definition) is 0.